The topological polar surface area (TPSA) is 73.7 Å². The van der Waals surface area contributed by atoms with E-state index in [1.807, 2.05) is 13.0 Å². The van der Waals surface area contributed by atoms with Gasteiger partial charge in [0.05, 0.1) is 41.8 Å². The molecule has 0 N–H and O–H groups in total. The molecule has 3 aromatic rings. The van der Waals surface area contributed by atoms with Crippen molar-refractivity contribution in [1.29, 1.82) is 0 Å². The zero-order valence-corrected chi connectivity index (χ0v) is 20.7. The van der Waals surface area contributed by atoms with Gasteiger partial charge in [0.1, 0.15) is 5.82 Å². The summed E-state index contributed by atoms with van der Waals surface area (Å²) in [6.07, 6.45) is 2.12. The average Bonchev–Trinajstić information content (AvgIpc) is 3.48. The maximum atomic E-state index is 13.8. The quantitative estimate of drug-likeness (QED) is 0.453. The van der Waals surface area contributed by atoms with Crippen LogP contribution >= 0.6 is 11.8 Å². The van der Waals surface area contributed by atoms with E-state index in [9.17, 15) is 12.8 Å². The average molecular weight is 506 g/mol. The first-order chi connectivity index (χ1) is 16.4. The number of fused-ring (bicyclic) bond motifs is 1. The Morgan fingerprint density at radius 3 is 2.74 bits per heavy atom. The van der Waals surface area contributed by atoms with E-state index >= 15 is 0 Å². The van der Waals surface area contributed by atoms with Crippen LogP contribution in [0, 0.1) is 12.7 Å². The van der Waals surface area contributed by atoms with Crippen LogP contribution in [0.25, 0.3) is 11.0 Å². The van der Waals surface area contributed by atoms with Crippen molar-refractivity contribution < 1.29 is 22.3 Å². The fourth-order valence-electron chi connectivity index (χ4n) is 4.40. The van der Waals surface area contributed by atoms with Crippen LogP contribution in [0.1, 0.15) is 24.0 Å². The minimum atomic E-state index is -3.61. The predicted molar refractivity (Wildman–Crippen MR) is 129 cm³/mol. The summed E-state index contributed by atoms with van der Waals surface area (Å²) in [5.41, 5.74) is 3.44. The van der Waals surface area contributed by atoms with Crippen molar-refractivity contribution in [2.24, 2.45) is 0 Å². The lowest BCUT2D eigenvalue weighted by atomic mass is 10.1. The van der Waals surface area contributed by atoms with Crippen molar-refractivity contribution in [2.75, 3.05) is 32.9 Å². The van der Waals surface area contributed by atoms with Crippen LogP contribution in [0.4, 0.5) is 4.39 Å². The first-order valence-electron chi connectivity index (χ1n) is 11.5. The van der Waals surface area contributed by atoms with E-state index in [4.69, 9.17) is 14.5 Å². The van der Waals surface area contributed by atoms with Crippen LogP contribution in [-0.4, -0.2) is 61.3 Å². The Labute approximate surface area is 203 Å². The minimum Gasteiger partial charge on any atom is -0.379 e. The van der Waals surface area contributed by atoms with E-state index in [0.717, 1.165) is 41.2 Å². The van der Waals surface area contributed by atoms with E-state index in [2.05, 4.69) is 4.57 Å². The van der Waals surface area contributed by atoms with Crippen molar-refractivity contribution >= 4 is 32.8 Å². The van der Waals surface area contributed by atoms with E-state index < -0.39 is 10.0 Å². The zero-order valence-electron chi connectivity index (χ0n) is 19.1. The largest absolute Gasteiger partial charge is 0.379 e. The van der Waals surface area contributed by atoms with Crippen molar-refractivity contribution in [3.63, 3.8) is 0 Å². The van der Waals surface area contributed by atoms with Crippen molar-refractivity contribution in [2.45, 2.75) is 48.2 Å². The smallest absolute Gasteiger partial charge is 0.243 e. The predicted octanol–water partition coefficient (Wildman–Crippen LogP) is 3.98. The van der Waals surface area contributed by atoms with Gasteiger partial charge in [-0.15, -0.1) is 0 Å². The highest BCUT2D eigenvalue weighted by atomic mass is 32.2. The van der Waals surface area contributed by atoms with Crippen LogP contribution in [-0.2, 0) is 31.8 Å². The summed E-state index contributed by atoms with van der Waals surface area (Å²) >= 11 is 1.53. The molecule has 0 saturated carbocycles. The highest BCUT2D eigenvalue weighted by molar-refractivity contribution is 7.98. The number of rotatable bonds is 7. The fourth-order valence-corrected chi connectivity index (χ4v) is 6.92. The van der Waals surface area contributed by atoms with E-state index in [1.165, 1.54) is 22.1 Å². The summed E-state index contributed by atoms with van der Waals surface area (Å²) in [7, 11) is -3.61. The third-order valence-electron chi connectivity index (χ3n) is 6.37. The number of aromatic nitrogens is 2. The molecular formula is C24H28FN3O4S2. The second kappa shape index (κ2) is 9.94. The Hall–Kier alpha value is -1.98. The molecule has 2 aromatic carbocycles. The molecule has 2 fully saturated rings. The number of sulfonamides is 1. The maximum absolute atomic E-state index is 13.8. The Morgan fingerprint density at radius 2 is 1.97 bits per heavy atom. The SMILES string of the molecule is Cc1ccc(F)cc1CSc1nc2cc(S(=O)(=O)N3CCOCC3)ccc2n1C[C@H]1CCCO1. The molecule has 2 aliphatic rings. The molecule has 5 rings (SSSR count). The molecule has 0 unspecified atom stereocenters. The zero-order chi connectivity index (χ0) is 23.7. The Bertz CT molecular complexity index is 1280. The van der Waals surface area contributed by atoms with Gasteiger partial charge in [-0.3, -0.25) is 0 Å². The van der Waals surface area contributed by atoms with Gasteiger partial charge in [-0.1, -0.05) is 17.8 Å². The normalized spacial score (nSPS) is 19.8. The molecule has 7 nitrogen and oxygen atoms in total. The number of aryl methyl sites for hydroxylation is 1. The number of ether oxygens (including phenoxy) is 2. The number of thioether (sulfide) groups is 1. The molecule has 1 atom stereocenters. The highest BCUT2D eigenvalue weighted by Gasteiger charge is 2.28. The van der Waals surface area contributed by atoms with Gasteiger partial charge < -0.3 is 14.0 Å². The summed E-state index contributed by atoms with van der Waals surface area (Å²) in [6, 6.07) is 9.95. The lowest BCUT2D eigenvalue weighted by Gasteiger charge is -2.26. The number of benzene rings is 2. The number of nitrogens with zero attached hydrogens (tertiary/aromatic N) is 3. The van der Waals surface area contributed by atoms with Gasteiger partial charge in [0.25, 0.3) is 0 Å². The molecule has 0 radical (unpaired) electrons. The van der Waals surface area contributed by atoms with Gasteiger partial charge in [-0.25, -0.2) is 17.8 Å². The van der Waals surface area contributed by atoms with Gasteiger partial charge in [0.15, 0.2) is 5.16 Å². The van der Waals surface area contributed by atoms with Crippen LogP contribution in [0.2, 0.25) is 0 Å². The monoisotopic (exact) mass is 505 g/mol. The molecule has 3 heterocycles. The van der Waals surface area contributed by atoms with Crippen LogP contribution in [0.5, 0.6) is 0 Å². The second-order valence-corrected chi connectivity index (χ2v) is 11.5. The molecule has 10 heteroatoms. The maximum Gasteiger partial charge on any atom is 0.243 e. The lowest BCUT2D eigenvalue weighted by molar-refractivity contribution is 0.0730. The molecule has 1 aromatic heterocycles. The summed E-state index contributed by atoms with van der Waals surface area (Å²) in [5.74, 6) is 0.309. The summed E-state index contributed by atoms with van der Waals surface area (Å²) < 4.78 is 54.8. The van der Waals surface area contributed by atoms with Gasteiger partial charge >= 0.3 is 0 Å². The van der Waals surface area contributed by atoms with E-state index in [-0.39, 0.29) is 16.8 Å². The van der Waals surface area contributed by atoms with Crippen molar-refractivity contribution in [3.05, 3.63) is 53.3 Å². The summed E-state index contributed by atoms with van der Waals surface area (Å²) in [4.78, 5) is 5.05. The van der Waals surface area contributed by atoms with Crippen molar-refractivity contribution in [1.82, 2.24) is 13.9 Å². The molecule has 182 valence electrons. The van der Waals surface area contributed by atoms with E-state index in [1.54, 1.807) is 24.3 Å². The lowest BCUT2D eigenvalue weighted by Crippen LogP contribution is -2.40. The van der Waals surface area contributed by atoms with E-state index in [0.29, 0.717) is 44.1 Å². The van der Waals surface area contributed by atoms with Crippen LogP contribution in [0.3, 0.4) is 0 Å². The Kier molecular flexibility index (Phi) is 6.95. The van der Waals surface area contributed by atoms with Gasteiger partial charge in [0, 0.05) is 25.4 Å². The Balaban J connectivity index is 1.48. The molecule has 0 amide bonds. The number of imidazole rings is 1. The summed E-state index contributed by atoms with van der Waals surface area (Å²) in [5, 5.41) is 0.773. The molecule has 34 heavy (non-hydrogen) atoms. The van der Waals surface area contributed by atoms with Gasteiger partial charge in [-0.05, 0) is 61.2 Å². The number of hydrogen-bond donors (Lipinski definition) is 0. The Morgan fingerprint density at radius 1 is 1.15 bits per heavy atom. The molecule has 0 bridgehead atoms. The van der Waals surface area contributed by atoms with Gasteiger partial charge in [0.2, 0.25) is 10.0 Å². The number of hydrogen-bond acceptors (Lipinski definition) is 6. The molecule has 0 spiro atoms. The van der Waals surface area contributed by atoms with Crippen LogP contribution in [0.15, 0.2) is 46.5 Å². The first-order valence-corrected chi connectivity index (χ1v) is 13.9. The molecule has 0 aliphatic carbocycles. The van der Waals surface area contributed by atoms with Crippen LogP contribution < -0.4 is 0 Å². The molecule has 2 saturated heterocycles. The van der Waals surface area contributed by atoms with Gasteiger partial charge in [-0.2, -0.15) is 4.31 Å². The fraction of sp³-hybridized carbons (Fsp3) is 0.458. The third kappa shape index (κ3) is 4.87. The standard InChI is InChI=1S/C24H28FN3O4S2/c1-17-4-5-19(25)13-18(17)16-33-24-26-22-14-21(34(29,30)27-8-11-31-12-9-27)6-7-23(22)28(24)15-20-3-2-10-32-20/h4-7,13-14,20H,2-3,8-12,15-16H2,1H3/t20-/m1/s1. The number of halogens is 1. The third-order valence-corrected chi connectivity index (χ3v) is 9.29. The first kappa shape index (κ1) is 23.7. The summed E-state index contributed by atoms with van der Waals surface area (Å²) in [6.45, 7) is 4.87. The molecular weight excluding hydrogens is 477 g/mol. The van der Waals surface area contributed by atoms with Crippen molar-refractivity contribution in [3.8, 4) is 0 Å². The molecule has 2 aliphatic heterocycles. The minimum absolute atomic E-state index is 0.101. The number of morpholine rings is 1. The second-order valence-electron chi connectivity index (χ2n) is 8.67. The highest BCUT2D eigenvalue weighted by Crippen LogP contribution is 2.31.